The maximum absolute atomic E-state index is 9.53. The zero-order valence-electron chi connectivity index (χ0n) is 11.1. The third kappa shape index (κ3) is 9.25. The van der Waals surface area contributed by atoms with E-state index in [0.717, 1.165) is 24.5 Å². The number of hydrogen-bond acceptors (Lipinski definition) is 3. The quantitative estimate of drug-likeness (QED) is 0.484. The highest BCUT2D eigenvalue weighted by molar-refractivity contribution is 7.99. The molecule has 0 amide bonds. The van der Waals surface area contributed by atoms with Crippen LogP contribution in [-0.2, 0) is 0 Å². The van der Waals surface area contributed by atoms with Gasteiger partial charge >= 0.3 is 0 Å². The monoisotopic (exact) mass is 245 g/mol. The number of hydrogen-bond donors (Lipinski definition) is 2. The number of nitrogens with one attached hydrogen (secondary N) is 1. The van der Waals surface area contributed by atoms with E-state index < -0.39 is 5.60 Å². The van der Waals surface area contributed by atoms with Crippen LogP contribution < -0.4 is 5.32 Å². The molecule has 0 rings (SSSR count). The smallest absolute Gasteiger partial charge is 0.0681 e. The number of thioether (sulfide) groups is 1. The maximum Gasteiger partial charge on any atom is 0.0681 e. The van der Waals surface area contributed by atoms with Gasteiger partial charge in [-0.15, -0.1) is 6.58 Å². The summed E-state index contributed by atoms with van der Waals surface area (Å²) in [6.07, 6.45) is 3.04. The molecule has 0 radical (unpaired) electrons. The van der Waals surface area contributed by atoms with E-state index in [0.29, 0.717) is 12.0 Å². The van der Waals surface area contributed by atoms with E-state index in [9.17, 15) is 5.11 Å². The van der Waals surface area contributed by atoms with Crippen molar-refractivity contribution in [1.29, 1.82) is 0 Å². The molecule has 2 nitrogen and oxygen atoms in total. The first-order valence-electron chi connectivity index (χ1n) is 6.01. The van der Waals surface area contributed by atoms with Gasteiger partial charge < -0.3 is 10.4 Å². The lowest BCUT2D eigenvalue weighted by atomic mass is 10.0. The van der Waals surface area contributed by atoms with Gasteiger partial charge in [0.1, 0.15) is 0 Å². The van der Waals surface area contributed by atoms with E-state index in [1.165, 1.54) is 0 Å². The fourth-order valence-electron chi connectivity index (χ4n) is 1.35. The van der Waals surface area contributed by atoms with E-state index in [-0.39, 0.29) is 0 Å². The van der Waals surface area contributed by atoms with Crippen LogP contribution in [0.4, 0.5) is 0 Å². The molecule has 0 aliphatic carbocycles. The average molecular weight is 245 g/mol. The molecule has 0 aromatic rings. The van der Waals surface area contributed by atoms with Crippen molar-refractivity contribution in [2.45, 2.75) is 45.8 Å². The molecule has 0 saturated heterocycles. The van der Waals surface area contributed by atoms with E-state index in [2.05, 4.69) is 25.7 Å². The fourth-order valence-corrected chi connectivity index (χ4v) is 2.25. The third-order valence-electron chi connectivity index (χ3n) is 2.56. The molecule has 2 atom stereocenters. The second-order valence-electron chi connectivity index (χ2n) is 5.11. The van der Waals surface area contributed by atoms with Crippen molar-refractivity contribution in [3.8, 4) is 0 Å². The van der Waals surface area contributed by atoms with Crippen LogP contribution in [0.2, 0.25) is 0 Å². The highest BCUT2D eigenvalue weighted by atomic mass is 32.2. The summed E-state index contributed by atoms with van der Waals surface area (Å²) in [5, 5.41) is 13.0. The summed E-state index contributed by atoms with van der Waals surface area (Å²) in [6.45, 7) is 12.9. The Morgan fingerprint density at radius 1 is 1.44 bits per heavy atom. The van der Waals surface area contributed by atoms with E-state index in [4.69, 9.17) is 0 Å². The average Bonchev–Trinajstić information content (AvgIpc) is 2.15. The molecular formula is C13H27NOS. The van der Waals surface area contributed by atoms with Gasteiger partial charge in [-0.05, 0) is 33.1 Å². The Kier molecular flexibility index (Phi) is 8.16. The van der Waals surface area contributed by atoms with Gasteiger partial charge in [-0.3, -0.25) is 0 Å². The van der Waals surface area contributed by atoms with Gasteiger partial charge in [0.2, 0.25) is 0 Å². The molecule has 2 unspecified atom stereocenters. The zero-order chi connectivity index (χ0) is 12.6. The summed E-state index contributed by atoms with van der Waals surface area (Å²) < 4.78 is 0. The lowest BCUT2D eigenvalue weighted by Gasteiger charge is -2.21. The number of allylic oxidation sites excluding steroid dienone is 1. The molecule has 16 heavy (non-hydrogen) atoms. The first kappa shape index (κ1) is 16.0. The molecule has 0 heterocycles. The van der Waals surface area contributed by atoms with Crippen LogP contribution in [0.15, 0.2) is 12.7 Å². The Morgan fingerprint density at radius 2 is 2.06 bits per heavy atom. The van der Waals surface area contributed by atoms with Crippen LogP contribution in [0.5, 0.6) is 0 Å². The van der Waals surface area contributed by atoms with Crippen molar-refractivity contribution < 1.29 is 5.11 Å². The highest BCUT2D eigenvalue weighted by Crippen LogP contribution is 2.12. The van der Waals surface area contributed by atoms with Crippen molar-refractivity contribution in [2.75, 3.05) is 18.1 Å². The summed E-state index contributed by atoms with van der Waals surface area (Å²) >= 11 is 1.79. The summed E-state index contributed by atoms with van der Waals surface area (Å²) in [4.78, 5) is 0. The SMILES string of the molecule is C=CCC(C)C(C)NCCSCC(C)(C)O. The molecule has 0 spiro atoms. The lowest BCUT2D eigenvalue weighted by Crippen LogP contribution is -2.34. The lowest BCUT2D eigenvalue weighted by molar-refractivity contribution is 0.107. The Balaban J connectivity index is 3.48. The minimum atomic E-state index is -0.549. The molecule has 2 N–H and O–H groups in total. The summed E-state index contributed by atoms with van der Waals surface area (Å²) in [5.74, 6) is 2.48. The summed E-state index contributed by atoms with van der Waals surface area (Å²) in [5.41, 5.74) is -0.549. The largest absolute Gasteiger partial charge is 0.390 e. The molecule has 0 bridgehead atoms. The minimum Gasteiger partial charge on any atom is -0.390 e. The molecular weight excluding hydrogens is 218 g/mol. The van der Waals surface area contributed by atoms with Crippen LogP contribution in [0.3, 0.4) is 0 Å². The van der Waals surface area contributed by atoms with E-state index in [1.54, 1.807) is 11.8 Å². The predicted molar refractivity (Wildman–Crippen MR) is 75.1 cm³/mol. The molecule has 0 aromatic heterocycles. The van der Waals surface area contributed by atoms with Gasteiger partial charge in [-0.1, -0.05) is 13.0 Å². The molecule has 0 aliphatic heterocycles. The van der Waals surface area contributed by atoms with E-state index in [1.807, 2.05) is 19.9 Å². The minimum absolute atomic E-state index is 0.528. The van der Waals surface area contributed by atoms with Crippen LogP contribution in [0.1, 0.15) is 34.1 Å². The summed E-state index contributed by atoms with van der Waals surface area (Å²) in [7, 11) is 0. The van der Waals surface area contributed by atoms with Crippen molar-refractivity contribution in [3.63, 3.8) is 0 Å². The maximum atomic E-state index is 9.53. The van der Waals surface area contributed by atoms with Crippen molar-refractivity contribution in [2.24, 2.45) is 5.92 Å². The van der Waals surface area contributed by atoms with Gasteiger partial charge in [-0.2, -0.15) is 11.8 Å². The normalized spacial score (nSPS) is 15.8. The standard InChI is InChI=1S/C13H27NOS/c1-6-7-11(2)12(3)14-8-9-16-10-13(4,5)15/h6,11-12,14-15H,1,7-10H2,2-5H3. The first-order chi connectivity index (χ1) is 7.37. The topological polar surface area (TPSA) is 32.3 Å². The van der Waals surface area contributed by atoms with Crippen LogP contribution in [-0.4, -0.2) is 34.8 Å². The first-order valence-corrected chi connectivity index (χ1v) is 7.16. The number of aliphatic hydroxyl groups is 1. The molecule has 0 saturated carbocycles. The van der Waals surface area contributed by atoms with Crippen molar-refractivity contribution in [3.05, 3.63) is 12.7 Å². The van der Waals surface area contributed by atoms with Crippen LogP contribution in [0.25, 0.3) is 0 Å². The van der Waals surface area contributed by atoms with Gasteiger partial charge in [0.05, 0.1) is 5.60 Å². The van der Waals surface area contributed by atoms with Gasteiger partial charge in [0.15, 0.2) is 0 Å². The molecule has 0 aliphatic rings. The van der Waals surface area contributed by atoms with Crippen molar-refractivity contribution in [1.82, 2.24) is 5.32 Å². The Labute approximate surface area is 105 Å². The Hall–Kier alpha value is 0.01000. The second-order valence-corrected chi connectivity index (χ2v) is 6.21. The van der Waals surface area contributed by atoms with Gasteiger partial charge in [0.25, 0.3) is 0 Å². The molecule has 0 aromatic carbocycles. The van der Waals surface area contributed by atoms with Crippen LogP contribution >= 0.6 is 11.8 Å². The Morgan fingerprint density at radius 3 is 2.56 bits per heavy atom. The summed E-state index contributed by atoms with van der Waals surface area (Å²) in [6, 6.07) is 0.528. The third-order valence-corrected chi connectivity index (χ3v) is 3.96. The fraction of sp³-hybridized carbons (Fsp3) is 0.846. The van der Waals surface area contributed by atoms with Gasteiger partial charge in [-0.25, -0.2) is 0 Å². The predicted octanol–water partition coefficient (Wildman–Crippen LogP) is 2.68. The van der Waals surface area contributed by atoms with Crippen LogP contribution in [0, 0.1) is 5.92 Å². The number of rotatable bonds is 9. The second kappa shape index (κ2) is 8.15. The molecule has 3 heteroatoms. The Bertz CT molecular complexity index is 189. The van der Waals surface area contributed by atoms with E-state index >= 15 is 0 Å². The molecule has 0 fully saturated rings. The highest BCUT2D eigenvalue weighted by Gasteiger charge is 2.12. The van der Waals surface area contributed by atoms with Crippen molar-refractivity contribution >= 4 is 11.8 Å². The zero-order valence-corrected chi connectivity index (χ0v) is 11.9. The van der Waals surface area contributed by atoms with Gasteiger partial charge in [0, 0.05) is 24.1 Å². The molecule has 96 valence electrons.